The molecule has 0 aromatic heterocycles. The number of hydrogen-bond donors (Lipinski definition) is 1. The topological polar surface area (TPSA) is 73.2 Å². The Morgan fingerprint density at radius 3 is 2.95 bits per heavy atom. The van der Waals surface area contributed by atoms with Crippen LogP contribution in [0.15, 0.2) is 18.2 Å². The van der Waals surface area contributed by atoms with Crippen LogP contribution in [0.3, 0.4) is 0 Å². The Labute approximate surface area is 111 Å². The van der Waals surface area contributed by atoms with Gasteiger partial charge in [-0.15, -0.1) is 0 Å². The molecule has 1 heterocycles. The zero-order valence-corrected chi connectivity index (χ0v) is 10.8. The Hall–Kier alpha value is -2.35. The maximum atomic E-state index is 11.6. The predicted molar refractivity (Wildman–Crippen MR) is 71.6 cm³/mol. The van der Waals surface area contributed by atoms with E-state index in [1.54, 1.807) is 23.1 Å². The van der Waals surface area contributed by atoms with E-state index in [1.165, 1.54) is 6.92 Å². The molecule has 0 aliphatic carbocycles. The number of anilines is 2. The summed E-state index contributed by atoms with van der Waals surface area (Å²) in [7, 11) is 0. The highest BCUT2D eigenvalue weighted by molar-refractivity contribution is 5.96. The van der Waals surface area contributed by atoms with Crippen molar-refractivity contribution in [3.63, 3.8) is 0 Å². The molecule has 1 aliphatic rings. The molecule has 0 atom stereocenters. The number of fused-ring (bicyclic) bond motifs is 1. The summed E-state index contributed by atoms with van der Waals surface area (Å²) in [5.41, 5.74) is 2.58. The maximum absolute atomic E-state index is 11.6. The Bertz CT molecular complexity index is 560. The fourth-order valence-electron chi connectivity index (χ4n) is 2.26. The van der Waals surface area contributed by atoms with Crippen molar-refractivity contribution in [2.45, 2.75) is 26.2 Å². The summed E-state index contributed by atoms with van der Waals surface area (Å²) in [5, 5.41) is 11.1. The number of carbonyl (C=O) groups is 2. The minimum Gasteiger partial charge on any atom is -0.325 e. The van der Waals surface area contributed by atoms with Crippen LogP contribution in [0.2, 0.25) is 0 Å². The van der Waals surface area contributed by atoms with Crippen molar-refractivity contribution in [3.05, 3.63) is 23.8 Å². The first kappa shape index (κ1) is 13.1. The summed E-state index contributed by atoms with van der Waals surface area (Å²) in [6.07, 6.45) is 1.71. The van der Waals surface area contributed by atoms with E-state index in [1.807, 2.05) is 6.07 Å². The smallest absolute Gasteiger partial charge is 0.238 e. The third-order valence-corrected chi connectivity index (χ3v) is 3.11. The lowest BCUT2D eigenvalue weighted by Crippen LogP contribution is -2.33. The van der Waals surface area contributed by atoms with Gasteiger partial charge in [0.25, 0.3) is 0 Å². The van der Waals surface area contributed by atoms with Crippen LogP contribution >= 0.6 is 0 Å². The molecule has 0 radical (unpaired) electrons. The molecule has 1 N–H and O–H groups in total. The molecule has 0 spiro atoms. The van der Waals surface area contributed by atoms with Crippen molar-refractivity contribution >= 4 is 23.2 Å². The monoisotopic (exact) mass is 257 g/mol. The standard InChI is InChI=1S/C14H15N3O2/c1-10(18)17-8-2-3-11-4-5-12(9-13(11)17)16-14(19)6-7-15/h4-5,9H,2-3,6,8H2,1H3,(H,16,19). The minimum atomic E-state index is -0.340. The van der Waals surface area contributed by atoms with Crippen LogP contribution in [0, 0.1) is 11.3 Å². The maximum Gasteiger partial charge on any atom is 0.238 e. The van der Waals surface area contributed by atoms with E-state index in [4.69, 9.17) is 5.26 Å². The molecule has 19 heavy (non-hydrogen) atoms. The largest absolute Gasteiger partial charge is 0.325 e. The van der Waals surface area contributed by atoms with Gasteiger partial charge in [-0.3, -0.25) is 9.59 Å². The molecule has 1 aromatic carbocycles. The van der Waals surface area contributed by atoms with Crippen LogP contribution < -0.4 is 10.2 Å². The Kier molecular flexibility index (Phi) is 3.81. The van der Waals surface area contributed by atoms with Crippen molar-refractivity contribution in [2.24, 2.45) is 0 Å². The lowest BCUT2D eigenvalue weighted by Gasteiger charge is -2.29. The summed E-state index contributed by atoms with van der Waals surface area (Å²) in [6.45, 7) is 2.24. The number of nitrogens with one attached hydrogen (secondary N) is 1. The second-order valence-corrected chi connectivity index (χ2v) is 4.50. The fourth-order valence-corrected chi connectivity index (χ4v) is 2.26. The van der Waals surface area contributed by atoms with Crippen LogP contribution in [0.1, 0.15) is 25.3 Å². The Morgan fingerprint density at radius 2 is 2.26 bits per heavy atom. The highest BCUT2D eigenvalue weighted by atomic mass is 16.2. The molecule has 5 heteroatoms. The van der Waals surface area contributed by atoms with Gasteiger partial charge in [0, 0.05) is 24.8 Å². The van der Waals surface area contributed by atoms with Gasteiger partial charge in [-0.1, -0.05) is 6.07 Å². The number of hydrogen-bond acceptors (Lipinski definition) is 3. The van der Waals surface area contributed by atoms with Crippen LogP contribution in [-0.4, -0.2) is 18.4 Å². The lowest BCUT2D eigenvalue weighted by molar-refractivity contribution is -0.117. The summed E-state index contributed by atoms with van der Waals surface area (Å²) in [6, 6.07) is 7.32. The number of carbonyl (C=O) groups excluding carboxylic acids is 2. The van der Waals surface area contributed by atoms with Crippen LogP contribution in [-0.2, 0) is 16.0 Å². The van der Waals surface area contributed by atoms with Crippen molar-refractivity contribution in [2.75, 3.05) is 16.8 Å². The number of nitriles is 1. The molecule has 1 aromatic rings. The zero-order chi connectivity index (χ0) is 13.8. The molecule has 1 aliphatic heterocycles. The molecular weight excluding hydrogens is 242 g/mol. The number of benzene rings is 1. The van der Waals surface area contributed by atoms with Gasteiger partial charge in [-0.2, -0.15) is 5.26 Å². The van der Waals surface area contributed by atoms with Crippen LogP contribution in [0.4, 0.5) is 11.4 Å². The van der Waals surface area contributed by atoms with E-state index in [0.717, 1.165) is 24.1 Å². The molecule has 5 nitrogen and oxygen atoms in total. The van der Waals surface area contributed by atoms with E-state index >= 15 is 0 Å². The SMILES string of the molecule is CC(=O)N1CCCc2ccc(NC(=O)CC#N)cc21. The summed E-state index contributed by atoms with van der Waals surface area (Å²) < 4.78 is 0. The zero-order valence-electron chi connectivity index (χ0n) is 10.8. The van der Waals surface area contributed by atoms with E-state index in [2.05, 4.69) is 5.32 Å². The van der Waals surface area contributed by atoms with Gasteiger partial charge < -0.3 is 10.2 Å². The van der Waals surface area contributed by atoms with E-state index in [-0.39, 0.29) is 18.2 Å². The summed E-state index contributed by atoms with van der Waals surface area (Å²) >= 11 is 0. The highest BCUT2D eigenvalue weighted by Crippen LogP contribution is 2.30. The van der Waals surface area contributed by atoms with Gasteiger partial charge in [-0.25, -0.2) is 0 Å². The minimum absolute atomic E-state index is 0.00134. The van der Waals surface area contributed by atoms with Crippen LogP contribution in [0.5, 0.6) is 0 Å². The molecule has 2 amide bonds. The second-order valence-electron chi connectivity index (χ2n) is 4.50. The Morgan fingerprint density at radius 1 is 1.47 bits per heavy atom. The van der Waals surface area contributed by atoms with Gasteiger partial charge >= 0.3 is 0 Å². The lowest BCUT2D eigenvalue weighted by atomic mass is 10.0. The van der Waals surface area contributed by atoms with E-state index in [9.17, 15) is 9.59 Å². The molecule has 0 unspecified atom stereocenters. The molecule has 98 valence electrons. The molecular formula is C14H15N3O2. The van der Waals surface area contributed by atoms with Gasteiger partial charge in [0.05, 0.1) is 6.07 Å². The normalized spacial score (nSPS) is 13.4. The third kappa shape index (κ3) is 2.91. The Balaban J connectivity index is 2.26. The van der Waals surface area contributed by atoms with Gasteiger partial charge in [0.1, 0.15) is 6.42 Å². The van der Waals surface area contributed by atoms with E-state index in [0.29, 0.717) is 12.2 Å². The first-order valence-corrected chi connectivity index (χ1v) is 6.19. The number of amides is 2. The second kappa shape index (κ2) is 5.53. The average molecular weight is 257 g/mol. The third-order valence-electron chi connectivity index (χ3n) is 3.11. The summed E-state index contributed by atoms with van der Waals surface area (Å²) in [5.74, 6) is -0.339. The van der Waals surface area contributed by atoms with Gasteiger partial charge in [-0.05, 0) is 30.5 Å². The van der Waals surface area contributed by atoms with Gasteiger partial charge in [0.15, 0.2) is 0 Å². The molecule has 0 saturated carbocycles. The highest BCUT2D eigenvalue weighted by Gasteiger charge is 2.20. The first-order chi connectivity index (χ1) is 9.11. The average Bonchev–Trinajstić information content (AvgIpc) is 2.38. The molecule has 0 fully saturated rings. The quantitative estimate of drug-likeness (QED) is 0.878. The first-order valence-electron chi connectivity index (χ1n) is 6.19. The van der Waals surface area contributed by atoms with Gasteiger partial charge in [0.2, 0.25) is 11.8 Å². The molecule has 0 saturated heterocycles. The van der Waals surface area contributed by atoms with Crippen molar-refractivity contribution in [1.29, 1.82) is 5.26 Å². The number of nitrogens with zero attached hydrogens (tertiary/aromatic N) is 2. The van der Waals surface area contributed by atoms with Crippen molar-refractivity contribution in [3.8, 4) is 6.07 Å². The van der Waals surface area contributed by atoms with Crippen molar-refractivity contribution < 1.29 is 9.59 Å². The van der Waals surface area contributed by atoms with Crippen molar-refractivity contribution in [1.82, 2.24) is 0 Å². The summed E-state index contributed by atoms with van der Waals surface area (Å²) in [4.78, 5) is 24.7. The number of aryl methyl sites for hydroxylation is 1. The molecule has 2 rings (SSSR count). The number of rotatable bonds is 2. The van der Waals surface area contributed by atoms with E-state index < -0.39 is 0 Å². The van der Waals surface area contributed by atoms with Crippen LogP contribution in [0.25, 0.3) is 0 Å². The fraction of sp³-hybridized carbons (Fsp3) is 0.357. The molecule has 0 bridgehead atoms. The predicted octanol–water partition coefficient (Wildman–Crippen LogP) is 1.84.